The van der Waals surface area contributed by atoms with Crippen molar-refractivity contribution in [1.82, 2.24) is 0 Å². The van der Waals surface area contributed by atoms with Gasteiger partial charge >= 0.3 is 76.2 Å². The zero-order chi connectivity index (χ0) is 4.50. The molecule has 7 heteroatoms. The number of hydrogen-bond acceptors (Lipinski definition) is 4. The van der Waals surface area contributed by atoms with Crippen LogP contribution in [0.1, 0.15) is 0 Å². The van der Waals surface area contributed by atoms with E-state index in [0.29, 0.717) is 0 Å². The molecule has 0 radical (unpaired) electrons. The van der Waals surface area contributed by atoms with Crippen LogP contribution in [0.15, 0.2) is 0 Å². The van der Waals surface area contributed by atoms with Crippen molar-refractivity contribution in [2.24, 2.45) is 0 Å². The zero-order valence-electron chi connectivity index (χ0n) is 3.23. The number of rotatable bonds is 0. The minimum absolute atomic E-state index is 0. The molecule has 0 aromatic rings. The van der Waals surface area contributed by atoms with Gasteiger partial charge in [-0.3, -0.25) is 0 Å². The first kappa shape index (κ1) is 15.9. The molecule has 0 rings (SSSR count). The van der Waals surface area contributed by atoms with Crippen LogP contribution in [0.5, 0.6) is 0 Å². The van der Waals surface area contributed by atoms with Crippen LogP contribution in [0.25, 0.3) is 0 Å². The Balaban J connectivity index is -0.0000000800. The first-order chi connectivity index (χ1) is 2.00. The third-order valence-corrected chi connectivity index (χ3v) is 0. The molecule has 0 atom stereocenters. The monoisotopic (exact) mass is 323 g/mol. The van der Waals surface area contributed by atoms with Gasteiger partial charge in [0.1, 0.15) is 0 Å². The molecule has 4 nitrogen and oxygen atoms in total. The number of hydrogen-bond donors (Lipinski definition) is 0. The fourth-order valence-electron chi connectivity index (χ4n) is 0. The van der Waals surface area contributed by atoms with Gasteiger partial charge in [-0.2, -0.15) is 0 Å². The second-order valence-electron chi connectivity index (χ2n) is 0.447. The molecule has 0 aliphatic carbocycles. The average Bonchev–Trinajstić information content (AvgIpc) is 0.722. The van der Waals surface area contributed by atoms with E-state index >= 15 is 0 Å². The third kappa shape index (κ3) is 84.0. The Morgan fingerprint density at radius 2 is 1.14 bits per heavy atom. The minimum atomic E-state index is -5.88. The summed E-state index contributed by atoms with van der Waals surface area (Å²) in [5, 5.41) is 0. The van der Waals surface area contributed by atoms with E-state index in [0.717, 1.165) is 0 Å². The minimum Gasteiger partial charge on any atom is 3.00 e. The van der Waals surface area contributed by atoms with Crippen molar-refractivity contribution in [3.8, 4) is 0 Å². The van der Waals surface area contributed by atoms with E-state index < -0.39 is 14.5 Å². The quantitative estimate of drug-likeness (QED) is 0.419. The predicted octanol–water partition coefficient (Wildman–Crippen LogP) is -4.83. The molecule has 0 amide bonds. The van der Waals surface area contributed by atoms with Crippen LogP contribution in [-0.2, 0) is 3.74 Å². The van der Waals surface area contributed by atoms with Crippen LogP contribution in [0.2, 0.25) is 0 Å². The van der Waals surface area contributed by atoms with E-state index in [4.69, 9.17) is 16.0 Å². The maximum Gasteiger partial charge on any atom is 3.00 e. The SMILES string of the molecule is O=[As]([O-])([O-])[O-].[Ga+3].[In+3]. The van der Waals surface area contributed by atoms with Crippen molar-refractivity contribution in [2.75, 3.05) is 0 Å². The van der Waals surface area contributed by atoms with E-state index in [1.807, 2.05) is 0 Å². The summed E-state index contributed by atoms with van der Waals surface area (Å²) in [5.74, 6) is 0. The Labute approximate surface area is 75.5 Å². The molecular formula is AsGaInO4+3. The van der Waals surface area contributed by atoms with Crippen LogP contribution >= 0.6 is 0 Å². The summed E-state index contributed by atoms with van der Waals surface area (Å²) in [5.41, 5.74) is 0. The molecule has 0 bridgehead atoms. The van der Waals surface area contributed by atoms with Crippen LogP contribution < -0.4 is 12.3 Å². The van der Waals surface area contributed by atoms with E-state index in [-0.39, 0.29) is 45.6 Å². The Morgan fingerprint density at radius 1 is 1.14 bits per heavy atom. The van der Waals surface area contributed by atoms with Crippen molar-refractivity contribution in [1.29, 1.82) is 0 Å². The summed E-state index contributed by atoms with van der Waals surface area (Å²) < 4.78 is 34.4. The van der Waals surface area contributed by atoms with E-state index in [1.165, 1.54) is 0 Å². The first-order valence-corrected chi connectivity index (χ1v) is 3.79. The molecule has 0 aromatic carbocycles. The van der Waals surface area contributed by atoms with E-state index in [9.17, 15) is 0 Å². The van der Waals surface area contributed by atoms with Gasteiger partial charge in [0.2, 0.25) is 0 Å². The molecule has 0 saturated carbocycles. The predicted molar refractivity (Wildman–Crippen MR) is 17.9 cm³/mol. The Kier molecular flexibility index (Phi) is 13.3. The summed E-state index contributed by atoms with van der Waals surface area (Å²) in [4.78, 5) is 0. The molecule has 0 aliphatic heterocycles. The molecule has 32 valence electrons. The molecule has 7 heavy (non-hydrogen) atoms. The molecule has 0 N–H and O–H groups in total. The standard InChI is InChI=1S/AsH3O4.Ga.In/c2-1(3,4)5;;/h(H3,2,3,4,5);;/q;2*+3/p-3. The smallest absolute Gasteiger partial charge is 3.00 e. The van der Waals surface area contributed by atoms with Crippen LogP contribution in [0.3, 0.4) is 0 Å². The van der Waals surface area contributed by atoms with Crippen molar-refractivity contribution < 1.29 is 16.0 Å². The molecule has 0 unspecified atom stereocenters. The molecule has 0 saturated heterocycles. The summed E-state index contributed by atoms with van der Waals surface area (Å²) in [6.07, 6.45) is 0. The fraction of sp³-hybridized carbons (Fsp3) is 0. The first-order valence-electron chi connectivity index (χ1n) is 0.730. The summed E-state index contributed by atoms with van der Waals surface area (Å²) >= 11 is -5.88. The van der Waals surface area contributed by atoms with Crippen LogP contribution in [-0.4, -0.2) is 60.1 Å². The van der Waals surface area contributed by atoms with Crippen LogP contribution in [0, 0.1) is 0 Å². The maximum absolute atomic E-state index is 8.61. The van der Waals surface area contributed by atoms with Gasteiger partial charge in [0.15, 0.2) is 0 Å². The van der Waals surface area contributed by atoms with E-state index in [2.05, 4.69) is 0 Å². The van der Waals surface area contributed by atoms with Crippen molar-refractivity contribution in [2.45, 2.75) is 0 Å². The van der Waals surface area contributed by atoms with Gasteiger partial charge in [-0.25, -0.2) is 0 Å². The molecule has 0 heterocycles. The molecule has 0 fully saturated rings. The van der Waals surface area contributed by atoms with Gasteiger partial charge in [0, 0.05) is 0 Å². The Morgan fingerprint density at radius 3 is 1.14 bits per heavy atom. The van der Waals surface area contributed by atoms with Crippen molar-refractivity contribution in [3.63, 3.8) is 0 Å². The molecule has 0 aromatic heterocycles. The maximum atomic E-state index is 8.61. The zero-order valence-corrected chi connectivity index (χ0v) is 10.8. The van der Waals surface area contributed by atoms with Gasteiger partial charge in [-0.05, 0) is 0 Å². The van der Waals surface area contributed by atoms with Gasteiger partial charge in [-0.15, -0.1) is 0 Å². The van der Waals surface area contributed by atoms with Gasteiger partial charge in [0.25, 0.3) is 0 Å². The topological polar surface area (TPSA) is 86.2 Å². The largest absolute Gasteiger partial charge is 3.00 e. The summed E-state index contributed by atoms with van der Waals surface area (Å²) in [6, 6.07) is 0. The summed E-state index contributed by atoms with van der Waals surface area (Å²) in [6.45, 7) is 0. The average molecular weight is 323 g/mol. The van der Waals surface area contributed by atoms with Crippen molar-refractivity contribution in [3.05, 3.63) is 0 Å². The third-order valence-electron chi connectivity index (χ3n) is 0. The second kappa shape index (κ2) is 5.87. The normalized spacial score (nSPS) is 8.43. The van der Waals surface area contributed by atoms with Gasteiger partial charge in [0.05, 0.1) is 0 Å². The summed E-state index contributed by atoms with van der Waals surface area (Å²) in [7, 11) is 0. The van der Waals surface area contributed by atoms with Gasteiger partial charge in [-0.1, -0.05) is 0 Å². The Bertz CT molecular complexity index is 57.8. The fourth-order valence-corrected chi connectivity index (χ4v) is 0. The van der Waals surface area contributed by atoms with Crippen molar-refractivity contribution >= 4 is 60.1 Å². The molecular weight excluding hydrogens is 323 g/mol. The second-order valence-corrected chi connectivity index (χ2v) is 2.32. The van der Waals surface area contributed by atoms with Crippen LogP contribution in [0.4, 0.5) is 0 Å². The Hall–Kier alpha value is 1.74. The molecule has 0 aliphatic rings. The van der Waals surface area contributed by atoms with E-state index in [1.54, 1.807) is 0 Å². The molecule has 0 spiro atoms. The van der Waals surface area contributed by atoms with Gasteiger partial charge < -0.3 is 0 Å².